The molecule has 2 N–H and O–H groups in total. The van der Waals surface area contributed by atoms with E-state index in [4.69, 9.17) is 14.3 Å². The molecule has 2 aromatic heterocycles. The molecule has 1 amide bonds. The number of nitrogens with zero attached hydrogens (tertiary/aromatic N) is 2. The van der Waals surface area contributed by atoms with E-state index < -0.39 is 17.9 Å². The second-order valence-electron chi connectivity index (χ2n) is 4.73. The van der Waals surface area contributed by atoms with E-state index >= 15 is 0 Å². The van der Waals surface area contributed by atoms with Crippen molar-refractivity contribution in [1.29, 1.82) is 0 Å². The topological polar surface area (TPSA) is 115 Å². The van der Waals surface area contributed by atoms with Crippen LogP contribution in [-0.2, 0) is 11.2 Å². The number of hydrogen-bond acceptors (Lipinski definition) is 6. The van der Waals surface area contributed by atoms with E-state index in [2.05, 4.69) is 15.3 Å². The van der Waals surface area contributed by atoms with E-state index in [9.17, 15) is 9.59 Å². The summed E-state index contributed by atoms with van der Waals surface area (Å²) in [5.74, 6) is -0.316. The summed E-state index contributed by atoms with van der Waals surface area (Å²) in [6, 6.07) is 3.14. The normalized spacial score (nSPS) is 11.9. The van der Waals surface area contributed by atoms with Gasteiger partial charge in [-0.2, -0.15) is 0 Å². The van der Waals surface area contributed by atoms with Crippen molar-refractivity contribution in [1.82, 2.24) is 15.3 Å². The highest BCUT2D eigenvalue weighted by Crippen LogP contribution is 2.18. The van der Waals surface area contributed by atoms with Gasteiger partial charge in [0.15, 0.2) is 5.69 Å². The summed E-state index contributed by atoms with van der Waals surface area (Å²) in [5, 5.41) is 11.5. The number of amides is 1. The minimum Gasteiger partial charge on any atom is -0.476 e. The van der Waals surface area contributed by atoms with Crippen molar-refractivity contribution in [3.05, 3.63) is 47.4 Å². The van der Waals surface area contributed by atoms with Crippen LogP contribution < -0.4 is 5.32 Å². The average molecular weight is 319 g/mol. The molecule has 8 heteroatoms. The summed E-state index contributed by atoms with van der Waals surface area (Å²) in [6.07, 6.45) is 2.89. The van der Waals surface area contributed by atoms with Crippen LogP contribution >= 0.6 is 0 Å². The van der Waals surface area contributed by atoms with E-state index in [1.165, 1.54) is 7.11 Å². The zero-order valence-electron chi connectivity index (χ0n) is 12.8. The number of methoxy groups -OCH3 is 1. The standard InChI is InChI=1S/C15H17N3O5/c1-3-9-4-5-13(23-9)12(8-22-2)18-14(19)10-6-17-11(7-16-10)15(20)21/h4-7,12H,3,8H2,1-2H3,(H,18,19)(H,20,21). The third-order valence-electron chi connectivity index (χ3n) is 3.12. The smallest absolute Gasteiger partial charge is 0.356 e. The predicted octanol–water partition coefficient (Wildman–Crippen LogP) is 1.45. The van der Waals surface area contributed by atoms with E-state index in [1.807, 2.05) is 13.0 Å². The third-order valence-corrected chi connectivity index (χ3v) is 3.12. The highest BCUT2D eigenvalue weighted by molar-refractivity contribution is 5.93. The van der Waals surface area contributed by atoms with Crippen molar-refractivity contribution in [2.45, 2.75) is 19.4 Å². The van der Waals surface area contributed by atoms with Crippen LogP contribution in [0.25, 0.3) is 0 Å². The minimum atomic E-state index is -1.20. The summed E-state index contributed by atoms with van der Waals surface area (Å²) >= 11 is 0. The molecule has 1 unspecified atom stereocenters. The van der Waals surface area contributed by atoms with Crippen molar-refractivity contribution in [2.24, 2.45) is 0 Å². The molecule has 0 spiro atoms. The van der Waals surface area contributed by atoms with Crippen LogP contribution in [0.2, 0.25) is 0 Å². The third kappa shape index (κ3) is 4.13. The van der Waals surface area contributed by atoms with Gasteiger partial charge in [-0.05, 0) is 12.1 Å². The number of carboxylic acid groups (broad SMARTS) is 1. The van der Waals surface area contributed by atoms with Crippen molar-refractivity contribution < 1.29 is 23.8 Å². The molecule has 0 aliphatic heterocycles. The number of carbonyl (C=O) groups is 2. The Balaban J connectivity index is 2.12. The second kappa shape index (κ2) is 7.50. The zero-order valence-corrected chi connectivity index (χ0v) is 12.8. The number of rotatable bonds is 7. The number of aryl methyl sites for hydroxylation is 1. The van der Waals surface area contributed by atoms with E-state index in [1.54, 1.807) is 6.07 Å². The van der Waals surface area contributed by atoms with Crippen LogP contribution in [0.3, 0.4) is 0 Å². The molecule has 2 heterocycles. The first kappa shape index (κ1) is 16.6. The molecule has 23 heavy (non-hydrogen) atoms. The van der Waals surface area contributed by atoms with Crippen LogP contribution in [0.4, 0.5) is 0 Å². The van der Waals surface area contributed by atoms with Crippen LogP contribution in [-0.4, -0.2) is 40.7 Å². The van der Waals surface area contributed by atoms with Gasteiger partial charge >= 0.3 is 5.97 Å². The Morgan fingerprint density at radius 1 is 1.30 bits per heavy atom. The maximum Gasteiger partial charge on any atom is 0.356 e. The Morgan fingerprint density at radius 2 is 2.00 bits per heavy atom. The van der Waals surface area contributed by atoms with Gasteiger partial charge in [0.25, 0.3) is 5.91 Å². The first-order chi connectivity index (χ1) is 11.0. The molecule has 0 aliphatic carbocycles. The number of furan rings is 1. The number of carboxylic acids is 1. The Morgan fingerprint density at radius 3 is 2.52 bits per heavy atom. The fourth-order valence-electron chi connectivity index (χ4n) is 1.92. The first-order valence-electron chi connectivity index (χ1n) is 6.98. The van der Waals surface area contributed by atoms with Gasteiger partial charge in [0.2, 0.25) is 0 Å². The highest BCUT2D eigenvalue weighted by Gasteiger charge is 2.20. The van der Waals surface area contributed by atoms with Crippen LogP contribution in [0.15, 0.2) is 28.9 Å². The Kier molecular flexibility index (Phi) is 5.42. The quantitative estimate of drug-likeness (QED) is 0.793. The molecular weight excluding hydrogens is 302 g/mol. The first-order valence-corrected chi connectivity index (χ1v) is 6.98. The monoisotopic (exact) mass is 319 g/mol. The predicted molar refractivity (Wildman–Crippen MR) is 79.2 cm³/mol. The summed E-state index contributed by atoms with van der Waals surface area (Å²) < 4.78 is 10.7. The molecule has 2 aromatic rings. The fourth-order valence-corrected chi connectivity index (χ4v) is 1.92. The van der Waals surface area contributed by atoms with Gasteiger partial charge in [-0.3, -0.25) is 4.79 Å². The van der Waals surface area contributed by atoms with Crippen molar-refractivity contribution in [2.75, 3.05) is 13.7 Å². The van der Waals surface area contributed by atoms with Gasteiger partial charge in [-0.1, -0.05) is 6.92 Å². The van der Waals surface area contributed by atoms with Crippen LogP contribution in [0.1, 0.15) is 45.5 Å². The average Bonchev–Trinajstić information content (AvgIpc) is 3.03. The lowest BCUT2D eigenvalue weighted by molar-refractivity contribution is 0.0688. The lowest BCUT2D eigenvalue weighted by atomic mass is 10.2. The largest absolute Gasteiger partial charge is 0.476 e. The molecule has 0 bridgehead atoms. The zero-order chi connectivity index (χ0) is 16.8. The Bertz CT molecular complexity index is 681. The molecule has 2 rings (SSSR count). The summed E-state index contributed by atoms with van der Waals surface area (Å²) in [7, 11) is 1.52. The van der Waals surface area contributed by atoms with Gasteiger partial charge in [0, 0.05) is 13.5 Å². The number of aromatic nitrogens is 2. The Hall–Kier alpha value is -2.74. The van der Waals surface area contributed by atoms with Gasteiger partial charge in [-0.25, -0.2) is 14.8 Å². The molecule has 0 aliphatic rings. The summed E-state index contributed by atoms with van der Waals surface area (Å²) in [5.41, 5.74) is -0.216. The van der Waals surface area contributed by atoms with Gasteiger partial charge in [-0.15, -0.1) is 0 Å². The molecule has 0 aromatic carbocycles. The number of aromatic carboxylic acids is 1. The molecular formula is C15H17N3O5. The van der Waals surface area contributed by atoms with Crippen LogP contribution in [0.5, 0.6) is 0 Å². The molecule has 8 nitrogen and oxygen atoms in total. The number of ether oxygens (including phenoxy) is 1. The summed E-state index contributed by atoms with van der Waals surface area (Å²) in [4.78, 5) is 30.4. The van der Waals surface area contributed by atoms with Gasteiger partial charge < -0.3 is 19.6 Å². The highest BCUT2D eigenvalue weighted by atomic mass is 16.5. The van der Waals surface area contributed by atoms with Gasteiger partial charge in [0.1, 0.15) is 23.3 Å². The summed E-state index contributed by atoms with van der Waals surface area (Å²) in [6.45, 7) is 2.19. The number of hydrogen-bond donors (Lipinski definition) is 2. The Labute approximate surface area is 132 Å². The molecule has 0 saturated carbocycles. The molecule has 1 atom stereocenters. The molecule has 0 saturated heterocycles. The minimum absolute atomic E-state index is 0.0124. The maximum atomic E-state index is 12.2. The second-order valence-corrected chi connectivity index (χ2v) is 4.73. The lowest BCUT2D eigenvalue weighted by Crippen LogP contribution is -2.31. The fraction of sp³-hybridized carbons (Fsp3) is 0.333. The van der Waals surface area contributed by atoms with E-state index in [-0.39, 0.29) is 18.0 Å². The van der Waals surface area contributed by atoms with Gasteiger partial charge in [0.05, 0.1) is 19.0 Å². The van der Waals surface area contributed by atoms with Crippen molar-refractivity contribution in [3.63, 3.8) is 0 Å². The molecule has 122 valence electrons. The lowest BCUT2D eigenvalue weighted by Gasteiger charge is -2.15. The molecule has 0 radical (unpaired) electrons. The van der Waals surface area contributed by atoms with E-state index in [0.717, 1.165) is 24.6 Å². The van der Waals surface area contributed by atoms with Crippen molar-refractivity contribution >= 4 is 11.9 Å². The SMILES string of the molecule is CCc1ccc(C(COC)NC(=O)c2cnc(C(=O)O)cn2)o1. The number of carbonyl (C=O) groups excluding carboxylic acids is 1. The van der Waals surface area contributed by atoms with E-state index in [0.29, 0.717) is 5.76 Å². The maximum absolute atomic E-state index is 12.2. The number of nitrogens with one attached hydrogen (secondary N) is 1. The van der Waals surface area contributed by atoms with Crippen molar-refractivity contribution in [3.8, 4) is 0 Å². The molecule has 0 fully saturated rings. The van der Waals surface area contributed by atoms with Crippen LogP contribution in [0, 0.1) is 0 Å².